The predicted molar refractivity (Wildman–Crippen MR) is 161 cm³/mol. The van der Waals surface area contributed by atoms with E-state index in [9.17, 15) is 18.4 Å². The molecular weight excluding hydrogens is 595 g/mol. The molecular formula is C31H36F3N5O4S. The minimum Gasteiger partial charge on any atom is -0.444 e. The lowest BCUT2D eigenvalue weighted by molar-refractivity contribution is 0.0204. The lowest BCUT2D eigenvalue weighted by Crippen LogP contribution is -2.46. The largest absolute Gasteiger partial charge is 0.444 e. The SMILES string of the molecule is CC(C)(C)OC(=O)N1CCC(c2ccc(N(Cc3ccc(-c4nnc(C(F)F)o4)cc3F)C(=O)N3CCSCC3)cc2)CC1. The molecule has 44 heavy (non-hydrogen) atoms. The van der Waals surface area contributed by atoms with Gasteiger partial charge in [-0.3, -0.25) is 4.90 Å². The van der Waals surface area contributed by atoms with Crippen LogP contribution in [0.3, 0.4) is 0 Å². The summed E-state index contributed by atoms with van der Waals surface area (Å²) in [5, 5.41) is 6.89. The van der Waals surface area contributed by atoms with Gasteiger partial charge < -0.3 is 19.0 Å². The number of ether oxygens (including phenoxy) is 1. The smallest absolute Gasteiger partial charge is 0.410 e. The van der Waals surface area contributed by atoms with Crippen molar-refractivity contribution in [1.29, 1.82) is 0 Å². The maximum Gasteiger partial charge on any atom is 0.410 e. The van der Waals surface area contributed by atoms with Crippen LogP contribution in [0, 0.1) is 5.82 Å². The second kappa shape index (κ2) is 13.5. The van der Waals surface area contributed by atoms with Crippen LogP contribution in [0.5, 0.6) is 0 Å². The van der Waals surface area contributed by atoms with Crippen molar-refractivity contribution in [2.75, 3.05) is 42.6 Å². The van der Waals surface area contributed by atoms with Crippen LogP contribution in [-0.2, 0) is 11.3 Å². The Morgan fingerprint density at radius 3 is 2.30 bits per heavy atom. The van der Waals surface area contributed by atoms with Crippen molar-refractivity contribution >= 4 is 29.6 Å². The highest BCUT2D eigenvalue weighted by atomic mass is 32.2. The number of anilines is 1. The minimum absolute atomic E-state index is 0.0334. The molecule has 0 unspecified atom stereocenters. The first-order valence-corrected chi connectivity index (χ1v) is 15.8. The fourth-order valence-electron chi connectivity index (χ4n) is 5.26. The number of carbonyl (C=O) groups is 2. The van der Waals surface area contributed by atoms with E-state index >= 15 is 4.39 Å². The maximum absolute atomic E-state index is 15.3. The predicted octanol–water partition coefficient (Wildman–Crippen LogP) is 7.10. The van der Waals surface area contributed by atoms with E-state index in [2.05, 4.69) is 10.2 Å². The molecule has 5 rings (SSSR count). The molecule has 0 radical (unpaired) electrons. The number of amides is 3. The Kier molecular flexibility index (Phi) is 9.72. The van der Waals surface area contributed by atoms with Crippen LogP contribution < -0.4 is 4.90 Å². The molecule has 2 aromatic carbocycles. The molecule has 3 aromatic rings. The molecule has 0 bridgehead atoms. The van der Waals surface area contributed by atoms with Gasteiger partial charge in [0.25, 0.3) is 5.89 Å². The Labute approximate surface area is 258 Å². The number of piperidine rings is 1. The molecule has 0 spiro atoms. The minimum atomic E-state index is -2.93. The van der Waals surface area contributed by atoms with Crippen LogP contribution in [0.25, 0.3) is 11.5 Å². The second-order valence-electron chi connectivity index (χ2n) is 11.9. The summed E-state index contributed by atoms with van der Waals surface area (Å²) in [6.45, 7) is 7.91. The lowest BCUT2D eigenvalue weighted by atomic mass is 9.89. The zero-order chi connectivity index (χ0) is 31.4. The van der Waals surface area contributed by atoms with Gasteiger partial charge in [-0.05, 0) is 69.4 Å². The van der Waals surface area contributed by atoms with Crippen LogP contribution >= 0.6 is 11.8 Å². The zero-order valence-electron chi connectivity index (χ0n) is 25.0. The molecule has 1 aromatic heterocycles. The summed E-state index contributed by atoms with van der Waals surface area (Å²) in [5.41, 5.74) is 1.61. The van der Waals surface area contributed by atoms with Crippen molar-refractivity contribution in [3.8, 4) is 11.5 Å². The summed E-state index contributed by atoms with van der Waals surface area (Å²) < 4.78 is 51.5. The fraction of sp³-hybridized carbons (Fsp3) is 0.484. The molecule has 0 N–H and O–H groups in total. The molecule has 0 atom stereocenters. The maximum atomic E-state index is 15.3. The van der Waals surface area contributed by atoms with E-state index in [1.807, 2.05) is 45.0 Å². The summed E-state index contributed by atoms with van der Waals surface area (Å²) in [6.07, 6.45) is -1.64. The van der Waals surface area contributed by atoms with Gasteiger partial charge in [-0.2, -0.15) is 20.5 Å². The van der Waals surface area contributed by atoms with E-state index in [-0.39, 0.29) is 41.6 Å². The molecule has 9 nitrogen and oxygen atoms in total. The van der Waals surface area contributed by atoms with Crippen molar-refractivity contribution in [2.45, 2.75) is 58.1 Å². The molecule has 0 aliphatic carbocycles. The average Bonchev–Trinajstić information content (AvgIpc) is 3.51. The van der Waals surface area contributed by atoms with Gasteiger partial charge in [-0.15, -0.1) is 10.2 Å². The molecule has 0 saturated carbocycles. The lowest BCUT2D eigenvalue weighted by Gasteiger charge is -2.34. The number of likely N-dealkylation sites (tertiary alicyclic amines) is 1. The highest BCUT2D eigenvalue weighted by molar-refractivity contribution is 7.99. The van der Waals surface area contributed by atoms with Gasteiger partial charge in [-0.1, -0.05) is 18.2 Å². The Morgan fingerprint density at radius 2 is 1.70 bits per heavy atom. The first-order valence-electron chi connectivity index (χ1n) is 14.6. The van der Waals surface area contributed by atoms with Crippen LogP contribution in [0.15, 0.2) is 46.9 Å². The molecule has 2 fully saturated rings. The molecule has 2 saturated heterocycles. The first kappa shape index (κ1) is 31.7. The van der Waals surface area contributed by atoms with E-state index < -0.39 is 23.7 Å². The highest BCUT2D eigenvalue weighted by Crippen LogP contribution is 2.32. The van der Waals surface area contributed by atoms with Crippen LogP contribution in [0.1, 0.15) is 63.0 Å². The van der Waals surface area contributed by atoms with Gasteiger partial charge in [-0.25, -0.2) is 14.0 Å². The van der Waals surface area contributed by atoms with Crippen molar-refractivity contribution < 1.29 is 31.9 Å². The quantitative estimate of drug-likeness (QED) is 0.287. The normalized spacial score (nSPS) is 16.3. The van der Waals surface area contributed by atoms with Crippen LogP contribution in [-0.4, -0.2) is 75.4 Å². The van der Waals surface area contributed by atoms with E-state index in [0.717, 1.165) is 36.0 Å². The Hall–Kier alpha value is -3.74. The van der Waals surface area contributed by atoms with E-state index in [1.54, 1.807) is 26.5 Å². The van der Waals surface area contributed by atoms with Crippen molar-refractivity contribution in [1.82, 2.24) is 20.0 Å². The Morgan fingerprint density at radius 1 is 1.02 bits per heavy atom. The van der Waals surface area contributed by atoms with Crippen LogP contribution in [0.2, 0.25) is 0 Å². The van der Waals surface area contributed by atoms with Gasteiger partial charge in [0.05, 0.1) is 6.54 Å². The number of thioether (sulfide) groups is 1. The number of urea groups is 1. The van der Waals surface area contributed by atoms with Gasteiger partial charge >= 0.3 is 18.5 Å². The van der Waals surface area contributed by atoms with Crippen LogP contribution in [0.4, 0.5) is 28.4 Å². The number of alkyl halides is 2. The van der Waals surface area contributed by atoms with Crippen molar-refractivity contribution in [3.63, 3.8) is 0 Å². The monoisotopic (exact) mass is 631 g/mol. The van der Waals surface area contributed by atoms with Crippen molar-refractivity contribution in [3.05, 3.63) is 65.3 Å². The summed E-state index contributed by atoms with van der Waals surface area (Å²) in [7, 11) is 0. The third-order valence-electron chi connectivity index (χ3n) is 7.59. The van der Waals surface area contributed by atoms with Gasteiger partial charge in [0.2, 0.25) is 5.89 Å². The van der Waals surface area contributed by atoms with Gasteiger partial charge in [0.1, 0.15) is 11.4 Å². The standard InChI is InChI=1S/C31H36F3N5O4S/c1-31(2,3)43-30(41)38-12-10-21(11-13-38)20-6-8-24(9-7-20)39(29(40)37-14-16-44-17-15-37)19-23-5-4-22(18-25(23)32)27-35-36-28(42-27)26(33)34/h4-9,18,21,26H,10-17,19H2,1-3H3. The third kappa shape index (κ3) is 7.66. The van der Waals surface area contributed by atoms with E-state index in [0.29, 0.717) is 31.9 Å². The molecule has 2 aliphatic rings. The first-order chi connectivity index (χ1) is 21.0. The highest BCUT2D eigenvalue weighted by Gasteiger charge is 2.29. The fourth-order valence-corrected chi connectivity index (χ4v) is 6.16. The number of hydrogen-bond acceptors (Lipinski definition) is 7. The number of nitrogens with zero attached hydrogens (tertiary/aromatic N) is 5. The molecule has 13 heteroatoms. The Bertz CT molecular complexity index is 1450. The number of benzene rings is 2. The number of halogens is 3. The number of aromatic nitrogens is 2. The van der Waals surface area contributed by atoms with Gasteiger partial charge in [0.15, 0.2) is 0 Å². The molecule has 3 heterocycles. The Balaban J connectivity index is 1.32. The third-order valence-corrected chi connectivity index (χ3v) is 8.53. The second-order valence-corrected chi connectivity index (χ2v) is 13.1. The molecule has 3 amide bonds. The average molecular weight is 632 g/mol. The number of carbonyl (C=O) groups excluding carboxylic acids is 2. The van der Waals surface area contributed by atoms with E-state index in [1.165, 1.54) is 12.1 Å². The van der Waals surface area contributed by atoms with E-state index in [4.69, 9.17) is 9.15 Å². The summed E-state index contributed by atoms with van der Waals surface area (Å²) in [6, 6.07) is 11.7. The summed E-state index contributed by atoms with van der Waals surface area (Å²) in [5.74, 6) is 0.240. The molecule has 2 aliphatic heterocycles. The zero-order valence-corrected chi connectivity index (χ0v) is 25.8. The summed E-state index contributed by atoms with van der Waals surface area (Å²) >= 11 is 1.78. The van der Waals surface area contributed by atoms with Gasteiger partial charge in [0, 0.05) is 54.5 Å². The summed E-state index contributed by atoms with van der Waals surface area (Å²) in [4.78, 5) is 31.2. The number of hydrogen-bond donors (Lipinski definition) is 0. The van der Waals surface area contributed by atoms with Crippen molar-refractivity contribution in [2.24, 2.45) is 0 Å². The molecule has 236 valence electrons. The topological polar surface area (TPSA) is 92.0 Å². The number of rotatable bonds is 6.